The van der Waals surface area contributed by atoms with Crippen molar-refractivity contribution in [3.05, 3.63) is 42.2 Å². The Balaban J connectivity index is 1.49. The molecule has 1 saturated heterocycles. The van der Waals surface area contributed by atoms with Crippen LogP contribution < -0.4 is 5.32 Å². The molecule has 24 heavy (non-hydrogen) atoms. The molecule has 128 valence electrons. The third-order valence-electron chi connectivity index (χ3n) is 4.16. The number of benzene rings is 1. The summed E-state index contributed by atoms with van der Waals surface area (Å²) in [6, 6.07) is 6.03. The first-order chi connectivity index (χ1) is 11.6. The van der Waals surface area contributed by atoms with Crippen LogP contribution in [0.2, 0.25) is 0 Å². The van der Waals surface area contributed by atoms with Gasteiger partial charge in [-0.15, -0.1) is 0 Å². The molecule has 1 amide bonds. The summed E-state index contributed by atoms with van der Waals surface area (Å²) >= 11 is 0. The highest BCUT2D eigenvalue weighted by Crippen LogP contribution is 2.21. The van der Waals surface area contributed by atoms with Gasteiger partial charge in [-0.05, 0) is 44.0 Å². The molecule has 2 aromatic rings. The highest BCUT2D eigenvalue weighted by Gasteiger charge is 2.23. The van der Waals surface area contributed by atoms with Crippen molar-refractivity contribution in [2.45, 2.75) is 44.8 Å². The average molecular weight is 332 g/mol. The molecule has 2 atom stereocenters. The van der Waals surface area contributed by atoms with Crippen molar-refractivity contribution >= 4 is 5.91 Å². The van der Waals surface area contributed by atoms with Crippen molar-refractivity contribution in [2.24, 2.45) is 0 Å². The van der Waals surface area contributed by atoms with Crippen molar-refractivity contribution in [3.8, 4) is 11.3 Å². The SMILES string of the molecule is CC(NC(=O)CCc1ncc(-c2ccc(F)cc2)o1)C1CCCO1. The highest BCUT2D eigenvalue weighted by molar-refractivity contribution is 5.76. The van der Waals surface area contributed by atoms with Crippen molar-refractivity contribution in [1.29, 1.82) is 0 Å². The fraction of sp³-hybridized carbons (Fsp3) is 0.444. The summed E-state index contributed by atoms with van der Waals surface area (Å²) in [5, 5.41) is 2.96. The zero-order valence-electron chi connectivity index (χ0n) is 13.6. The third-order valence-corrected chi connectivity index (χ3v) is 4.16. The van der Waals surface area contributed by atoms with E-state index >= 15 is 0 Å². The molecule has 1 fully saturated rings. The topological polar surface area (TPSA) is 64.4 Å². The van der Waals surface area contributed by atoms with Crippen molar-refractivity contribution < 1.29 is 18.3 Å². The summed E-state index contributed by atoms with van der Waals surface area (Å²) in [4.78, 5) is 16.2. The van der Waals surface area contributed by atoms with E-state index in [1.165, 1.54) is 12.1 Å². The Kier molecular flexibility index (Phi) is 5.25. The molecular formula is C18H21FN2O3. The van der Waals surface area contributed by atoms with E-state index in [-0.39, 0.29) is 23.9 Å². The number of nitrogens with zero attached hydrogens (tertiary/aromatic N) is 1. The number of carbonyl (C=O) groups excluding carboxylic acids is 1. The van der Waals surface area contributed by atoms with E-state index in [0.717, 1.165) is 25.0 Å². The number of hydrogen-bond donors (Lipinski definition) is 1. The molecule has 0 saturated carbocycles. The number of hydrogen-bond acceptors (Lipinski definition) is 4. The number of oxazole rings is 1. The van der Waals surface area contributed by atoms with Crippen LogP contribution in [-0.4, -0.2) is 29.6 Å². The average Bonchev–Trinajstić information content (AvgIpc) is 3.25. The smallest absolute Gasteiger partial charge is 0.220 e. The molecule has 1 N–H and O–H groups in total. The fourth-order valence-electron chi connectivity index (χ4n) is 2.81. The summed E-state index contributed by atoms with van der Waals surface area (Å²) < 4.78 is 24.1. The zero-order valence-corrected chi connectivity index (χ0v) is 13.6. The summed E-state index contributed by atoms with van der Waals surface area (Å²) in [5.74, 6) is 0.724. The zero-order chi connectivity index (χ0) is 16.9. The lowest BCUT2D eigenvalue weighted by atomic mass is 10.1. The van der Waals surface area contributed by atoms with Crippen LogP contribution in [-0.2, 0) is 16.0 Å². The van der Waals surface area contributed by atoms with Gasteiger partial charge in [0.05, 0.1) is 18.3 Å². The lowest BCUT2D eigenvalue weighted by Crippen LogP contribution is -2.40. The molecule has 1 aliphatic rings. The molecule has 1 aromatic carbocycles. The van der Waals surface area contributed by atoms with Crippen molar-refractivity contribution in [3.63, 3.8) is 0 Å². The predicted octanol–water partition coefficient (Wildman–Crippen LogP) is 3.10. The summed E-state index contributed by atoms with van der Waals surface area (Å²) in [5.41, 5.74) is 0.756. The van der Waals surface area contributed by atoms with Crippen LogP contribution in [0.1, 0.15) is 32.1 Å². The predicted molar refractivity (Wildman–Crippen MR) is 86.8 cm³/mol. The standard InChI is InChI=1S/C18H21FN2O3/c1-12(15-3-2-10-23-15)21-17(22)8-9-18-20-11-16(24-18)13-4-6-14(19)7-5-13/h4-7,11-12,15H,2-3,8-10H2,1H3,(H,21,22). The molecule has 0 spiro atoms. The van der Waals surface area contributed by atoms with E-state index < -0.39 is 0 Å². The van der Waals surface area contributed by atoms with Gasteiger partial charge in [0.1, 0.15) is 5.82 Å². The highest BCUT2D eigenvalue weighted by atomic mass is 19.1. The van der Waals surface area contributed by atoms with Crippen LogP contribution in [0, 0.1) is 5.82 Å². The molecule has 0 aliphatic carbocycles. The van der Waals surface area contributed by atoms with E-state index in [2.05, 4.69) is 10.3 Å². The maximum Gasteiger partial charge on any atom is 0.220 e. The minimum Gasteiger partial charge on any atom is -0.441 e. The number of aryl methyl sites for hydroxylation is 1. The van der Waals surface area contributed by atoms with Gasteiger partial charge in [-0.25, -0.2) is 9.37 Å². The van der Waals surface area contributed by atoms with E-state index in [0.29, 0.717) is 24.5 Å². The molecule has 2 heterocycles. The molecule has 6 heteroatoms. The molecule has 1 aromatic heterocycles. The maximum absolute atomic E-state index is 12.9. The lowest BCUT2D eigenvalue weighted by molar-refractivity contribution is -0.122. The number of halogens is 1. The molecule has 3 rings (SSSR count). The van der Waals surface area contributed by atoms with Gasteiger partial charge >= 0.3 is 0 Å². The van der Waals surface area contributed by atoms with Crippen molar-refractivity contribution in [2.75, 3.05) is 6.61 Å². The van der Waals surface area contributed by atoms with Crippen LogP contribution in [0.5, 0.6) is 0 Å². The van der Waals surface area contributed by atoms with Gasteiger partial charge in [-0.3, -0.25) is 4.79 Å². The first kappa shape index (κ1) is 16.6. The van der Waals surface area contributed by atoms with Crippen LogP contribution in [0.3, 0.4) is 0 Å². The number of ether oxygens (including phenoxy) is 1. The van der Waals surface area contributed by atoms with Gasteiger partial charge in [0.2, 0.25) is 5.91 Å². The Labute approximate surface area is 140 Å². The van der Waals surface area contributed by atoms with Crippen LogP contribution >= 0.6 is 0 Å². The monoisotopic (exact) mass is 332 g/mol. The number of aromatic nitrogens is 1. The number of rotatable bonds is 6. The number of amides is 1. The first-order valence-electron chi connectivity index (χ1n) is 8.23. The number of nitrogens with one attached hydrogen (secondary N) is 1. The Bertz CT molecular complexity index is 678. The quantitative estimate of drug-likeness (QED) is 0.883. The van der Waals surface area contributed by atoms with Crippen LogP contribution in [0.25, 0.3) is 11.3 Å². The van der Waals surface area contributed by atoms with Gasteiger partial charge < -0.3 is 14.5 Å². The molecule has 1 aliphatic heterocycles. The van der Waals surface area contributed by atoms with Gasteiger partial charge in [-0.1, -0.05) is 0 Å². The molecule has 5 nitrogen and oxygen atoms in total. The van der Waals surface area contributed by atoms with E-state index in [1.54, 1.807) is 18.3 Å². The Morgan fingerprint density at radius 3 is 2.92 bits per heavy atom. The van der Waals surface area contributed by atoms with Gasteiger partial charge in [0.15, 0.2) is 11.7 Å². The number of carbonyl (C=O) groups is 1. The third kappa shape index (κ3) is 4.20. The van der Waals surface area contributed by atoms with Crippen LogP contribution in [0.15, 0.2) is 34.9 Å². The van der Waals surface area contributed by atoms with Gasteiger partial charge in [-0.2, -0.15) is 0 Å². The maximum atomic E-state index is 12.9. The lowest BCUT2D eigenvalue weighted by Gasteiger charge is -2.19. The Morgan fingerprint density at radius 2 is 2.21 bits per heavy atom. The van der Waals surface area contributed by atoms with Crippen LogP contribution in [0.4, 0.5) is 4.39 Å². The summed E-state index contributed by atoms with van der Waals surface area (Å²) in [6.07, 6.45) is 4.47. The summed E-state index contributed by atoms with van der Waals surface area (Å²) in [7, 11) is 0. The molecule has 0 radical (unpaired) electrons. The minimum absolute atomic E-state index is 0.0133. The first-order valence-corrected chi connectivity index (χ1v) is 8.23. The Hall–Kier alpha value is -2.21. The van der Waals surface area contributed by atoms with E-state index in [1.807, 2.05) is 6.92 Å². The molecule has 2 unspecified atom stereocenters. The van der Waals surface area contributed by atoms with Gasteiger partial charge in [0.25, 0.3) is 0 Å². The Morgan fingerprint density at radius 1 is 1.42 bits per heavy atom. The largest absolute Gasteiger partial charge is 0.441 e. The van der Waals surface area contributed by atoms with E-state index in [4.69, 9.17) is 9.15 Å². The van der Waals surface area contributed by atoms with Gasteiger partial charge in [0, 0.05) is 25.0 Å². The van der Waals surface area contributed by atoms with Crippen molar-refractivity contribution in [1.82, 2.24) is 10.3 Å². The summed E-state index contributed by atoms with van der Waals surface area (Å²) in [6.45, 7) is 2.74. The second kappa shape index (κ2) is 7.57. The molecular weight excluding hydrogens is 311 g/mol. The fourth-order valence-corrected chi connectivity index (χ4v) is 2.81. The second-order valence-electron chi connectivity index (χ2n) is 6.03. The van der Waals surface area contributed by atoms with E-state index in [9.17, 15) is 9.18 Å². The second-order valence-corrected chi connectivity index (χ2v) is 6.03. The normalized spacial score (nSPS) is 18.5. The minimum atomic E-state index is -0.296. The molecule has 0 bridgehead atoms.